The summed E-state index contributed by atoms with van der Waals surface area (Å²) in [6, 6.07) is 1.37. The van der Waals surface area contributed by atoms with Crippen LogP contribution in [0.25, 0.3) is 0 Å². The van der Waals surface area contributed by atoms with Gasteiger partial charge in [0.15, 0.2) is 0 Å². The number of hydrogen-bond donors (Lipinski definition) is 2. The Morgan fingerprint density at radius 3 is 2.59 bits per heavy atom. The highest BCUT2D eigenvalue weighted by molar-refractivity contribution is 5.90. The van der Waals surface area contributed by atoms with Gasteiger partial charge in [-0.3, -0.25) is 4.79 Å². The minimum absolute atomic E-state index is 0.0390. The standard InChI is InChI=1S/C13H14F3N3O3/c1-7-9(2-3-10(17-7)13(14,15)16)18-12(22)19-5-4-8(6-19)11(20)21/h2-3,8H,4-6H2,1H3,(H,18,22)(H,20,21). The molecule has 1 fully saturated rings. The van der Waals surface area contributed by atoms with Gasteiger partial charge in [-0.15, -0.1) is 0 Å². The number of carbonyl (C=O) groups excluding carboxylic acids is 1. The van der Waals surface area contributed by atoms with E-state index < -0.39 is 29.8 Å². The number of nitrogens with one attached hydrogen (secondary N) is 1. The van der Waals surface area contributed by atoms with E-state index in [2.05, 4.69) is 10.3 Å². The van der Waals surface area contributed by atoms with Crippen LogP contribution in [0.3, 0.4) is 0 Å². The molecule has 1 aromatic rings. The number of carbonyl (C=O) groups is 2. The molecule has 0 bridgehead atoms. The largest absolute Gasteiger partial charge is 0.481 e. The van der Waals surface area contributed by atoms with E-state index in [-0.39, 0.29) is 24.5 Å². The second-order valence-electron chi connectivity index (χ2n) is 5.03. The summed E-state index contributed by atoms with van der Waals surface area (Å²) in [7, 11) is 0. The van der Waals surface area contributed by atoms with Gasteiger partial charge in [-0.05, 0) is 25.5 Å². The van der Waals surface area contributed by atoms with Crippen molar-refractivity contribution in [3.8, 4) is 0 Å². The van der Waals surface area contributed by atoms with Crippen LogP contribution < -0.4 is 5.32 Å². The lowest BCUT2D eigenvalue weighted by molar-refractivity contribution is -0.142. The van der Waals surface area contributed by atoms with Crippen molar-refractivity contribution in [2.45, 2.75) is 19.5 Å². The number of anilines is 1. The summed E-state index contributed by atoms with van der Waals surface area (Å²) in [4.78, 5) is 27.6. The Morgan fingerprint density at radius 1 is 1.41 bits per heavy atom. The quantitative estimate of drug-likeness (QED) is 0.877. The fraction of sp³-hybridized carbons (Fsp3) is 0.462. The third-order valence-corrected chi connectivity index (χ3v) is 3.44. The number of nitrogens with zero attached hydrogens (tertiary/aromatic N) is 2. The van der Waals surface area contributed by atoms with E-state index in [1.807, 2.05) is 0 Å². The molecule has 0 aromatic carbocycles. The summed E-state index contributed by atoms with van der Waals surface area (Å²) in [6.45, 7) is 1.72. The molecule has 2 heterocycles. The van der Waals surface area contributed by atoms with Gasteiger partial charge >= 0.3 is 18.2 Å². The van der Waals surface area contributed by atoms with Gasteiger partial charge in [0.25, 0.3) is 0 Å². The molecule has 2 amide bonds. The van der Waals surface area contributed by atoms with Crippen molar-refractivity contribution in [3.05, 3.63) is 23.5 Å². The summed E-state index contributed by atoms with van der Waals surface area (Å²) in [5.74, 6) is -1.58. The summed E-state index contributed by atoms with van der Waals surface area (Å²) in [5.41, 5.74) is -0.830. The second-order valence-corrected chi connectivity index (χ2v) is 5.03. The number of pyridine rings is 1. The molecule has 2 rings (SSSR count). The molecule has 1 aliphatic heterocycles. The number of carboxylic acids is 1. The molecule has 1 unspecified atom stereocenters. The van der Waals surface area contributed by atoms with Crippen LogP contribution in [0.4, 0.5) is 23.7 Å². The van der Waals surface area contributed by atoms with Crippen LogP contribution in [-0.4, -0.2) is 40.1 Å². The Hall–Kier alpha value is -2.32. The van der Waals surface area contributed by atoms with Crippen LogP contribution in [0, 0.1) is 12.8 Å². The summed E-state index contributed by atoms with van der Waals surface area (Å²) >= 11 is 0. The molecule has 120 valence electrons. The van der Waals surface area contributed by atoms with Crippen molar-refractivity contribution >= 4 is 17.7 Å². The van der Waals surface area contributed by atoms with Gasteiger partial charge < -0.3 is 15.3 Å². The van der Waals surface area contributed by atoms with E-state index in [0.29, 0.717) is 6.42 Å². The number of alkyl halides is 3. The Labute approximate surface area is 123 Å². The topological polar surface area (TPSA) is 82.5 Å². The van der Waals surface area contributed by atoms with Gasteiger partial charge in [0.2, 0.25) is 0 Å². The number of rotatable bonds is 2. The minimum atomic E-state index is -4.54. The lowest BCUT2D eigenvalue weighted by Crippen LogP contribution is -2.34. The Morgan fingerprint density at radius 2 is 2.09 bits per heavy atom. The van der Waals surface area contributed by atoms with Crippen LogP contribution >= 0.6 is 0 Å². The Balaban J connectivity index is 2.05. The highest BCUT2D eigenvalue weighted by Gasteiger charge is 2.33. The van der Waals surface area contributed by atoms with Gasteiger partial charge in [0, 0.05) is 13.1 Å². The normalized spacial score (nSPS) is 18.4. The first-order valence-corrected chi connectivity index (χ1v) is 6.52. The molecule has 1 saturated heterocycles. The van der Waals surface area contributed by atoms with E-state index in [1.165, 1.54) is 11.8 Å². The molecule has 0 aliphatic carbocycles. The zero-order valence-electron chi connectivity index (χ0n) is 11.6. The lowest BCUT2D eigenvalue weighted by Gasteiger charge is -2.18. The monoisotopic (exact) mass is 317 g/mol. The molecule has 0 saturated carbocycles. The molecule has 1 atom stereocenters. The summed E-state index contributed by atoms with van der Waals surface area (Å²) in [6.07, 6.45) is -4.19. The number of aromatic nitrogens is 1. The lowest BCUT2D eigenvalue weighted by atomic mass is 10.1. The zero-order chi connectivity index (χ0) is 16.5. The summed E-state index contributed by atoms with van der Waals surface area (Å²) < 4.78 is 37.5. The number of halogens is 3. The molecule has 22 heavy (non-hydrogen) atoms. The highest BCUT2D eigenvalue weighted by atomic mass is 19.4. The van der Waals surface area contributed by atoms with Gasteiger partial charge in [0.05, 0.1) is 17.3 Å². The predicted octanol–water partition coefficient (Wildman–Crippen LogP) is 2.35. The van der Waals surface area contributed by atoms with Crippen LogP contribution in [0.5, 0.6) is 0 Å². The average molecular weight is 317 g/mol. The minimum Gasteiger partial charge on any atom is -0.481 e. The number of urea groups is 1. The number of carboxylic acid groups (broad SMARTS) is 1. The van der Waals surface area contributed by atoms with Crippen molar-refractivity contribution in [1.82, 2.24) is 9.88 Å². The number of aryl methyl sites for hydroxylation is 1. The molecule has 9 heteroatoms. The van der Waals surface area contributed by atoms with Crippen molar-refractivity contribution in [2.75, 3.05) is 18.4 Å². The van der Waals surface area contributed by atoms with Gasteiger partial charge in [-0.25, -0.2) is 9.78 Å². The molecule has 1 aromatic heterocycles. The SMILES string of the molecule is Cc1nc(C(F)(F)F)ccc1NC(=O)N1CCC(C(=O)O)C1. The van der Waals surface area contributed by atoms with E-state index in [9.17, 15) is 22.8 Å². The van der Waals surface area contributed by atoms with Gasteiger partial charge in [0.1, 0.15) is 5.69 Å². The molecule has 0 radical (unpaired) electrons. The molecule has 0 spiro atoms. The van der Waals surface area contributed by atoms with Gasteiger partial charge in [-0.2, -0.15) is 13.2 Å². The number of aliphatic carboxylic acids is 1. The number of amides is 2. The van der Waals surface area contributed by atoms with Crippen LogP contribution in [0.2, 0.25) is 0 Å². The molecule has 1 aliphatic rings. The molecule has 6 nitrogen and oxygen atoms in total. The van der Waals surface area contributed by atoms with Crippen molar-refractivity contribution in [3.63, 3.8) is 0 Å². The summed E-state index contributed by atoms with van der Waals surface area (Å²) in [5, 5.41) is 11.3. The number of hydrogen-bond acceptors (Lipinski definition) is 3. The van der Waals surface area contributed by atoms with E-state index >= 15 is 0 Å². The fourth-order valence-corrected chi connectivity index (χ4v) is 2.19. The maximum absolute atomic E-state index is 12.5. The van der Waals surface area contributed by atoms with Crippen LogP contribution in [-0.2, 0) is 11.0 Å². The first-order chi connectivity index (χ1) is 10.2. The van der Waals surface area contributed by atoms with Crippen LogP contribution in [0.15, 0.2) is 12.1 Å². The molecular weight excluding hydrogens is 303 g/mol. The first kappa shape index (κ1) is 16.1. The fourth-order valence-electron chi connectivity index (χ4n) is 2.19. The van der Waals surface area contributed by atoms with Crippen molar-refractivity contribution in [2.24, 2.45) is 5.92 Å². The molecular formula is C13H14F3N3O3. The highest BCUT2D eigenvalue weighted by Crippen LogP contribution is 2.29. The molecule has 2 N–H and O–H groups in total. The van der Waals surface area contributed by atoms with Gasteiger partial charge in [-0.1, -0.05) is 0 Å². The van der Waals surface area contributed by atoms with E-state index in [1.54, 1.807) is 0 Å². The Kier molecular flexibility index (Phi) is 4.25. The maximum Gasteiger partial charge on any atom is 0.433 e. The first-order valence-electron chi connectivity index (χ1n) is 6.52. The number of likely N-dealkylation sites (tertiary alicyclic amines) is 1. The van der Waals surface area contributed by atoms with Crippen molar-refractivity contribution < 1.29 is 27.9 Å². The third-order valence-electron chi connectivity index (χ3n) is 3.44. The zero-order valence-corrected chi connectivity index (χ0v) is 11.6. The van der Waals surface area contributed by atoms with Crippen LogP contribution in [0.1, 0.15) is 17.8 Å². The Bertz CT molecular complexity index is 604. The maximum atomic E-state index is 12.5. The van der Waals surface area contributed by atoms with E-state index in [4.69, 9.17) is 5.11 Å². The van der Waals surface area contributed by atoms with Crippen molar-refractivity contribution in [1.29, 1.82) is 0 Å². The predicted molar refractivity (Wildman–Crippen MR) is 70.3 cm³/mol. The second kappa shape index (κ2) is 5.82. The van der Waals surface area contributed by atoms with E-state index in [0.717, 1.165) is 12.1 Å². The third kappa shape index (κ3) is 3.46. The smallest absolute Gasteiger partial charge is 0.433 e. The average Bonchev–Trinajstić information content (AvgIpc) is 2.89.